The Morgan fingerprint density at radius 2 is 1.96 bits per heavy atom. The lowest BCUT2D eigenvalue weighted by Crippen LogP contribution is -2.20. The van der Waals surface area contributed by atoms with Crippen molar-refractivity contribution in [2.24, 2.45) is 0 Å². The van der Waals surface area contributed by atoms with Crippen LogP contribution in [0.3, 0.4) is 0 Å². The average Bonchev–Trinajstić information content (AvgIpc) is 3.08. The summed E-state index contributed by atoms with van der Waals surface area (Å²) in [6.07, 6.45) is 3.39. The van der Waals surface area contributed by atoms with Crippen molar-refractivity contribution in [3.05, 3.63) is 47.0 Å². The van der Waals surface area contributed by atoms with E-state index in [1.165, 1.54) is 0 Å². The van der Waals surface area contributed by atoms with E-state index in [1.807, 2.05) is 31.3 Å². The molecule has 0 aliphatic heterocycles. The Hall–Kier alpha value is -2.67. The van der Waals surface area contributed by atoms with Gasteiger partial charge in [0.25, 0.3) is 0 Å². The van der Waals surface area contributed by atoms with Gasteiger partial charge >= 0.3 is 0 Å². The molecule has 26 heavy (non-hydrogen) atoms. The van der Waals surface area contributed by atoms with Gasteiger partial charge in [0.15, 0.2) is 11.5 Å². The molecule has 6 nitrogen and oxygen atoms in total. The second-order valence-corrected chi connectivity index (χ2v) is 7.05. The maximum absolute atomic E-state index is 11.5. The van der Waals surface area contributed by atoms with E-state index in [0.717, 1.165) is 51.4 Å². The third-order valence-corrected chi connectivity index (χ3v) is 5.41. The zero-order valence-electron chi connectivity index (χ0n) is 14.8. The molecule has 0 fully saturated rings. The van der Waals surface area contributed by atoms with E-state index in [1.54, 1.807) is 14.2 Å². The van der Waals surface area contributed by atoms with Gasteiger partial charge in [0.1, 0.15) is 5.82 Å². The Bertz CT molecular complexity index is 1010. The SMILES string of the molecule is COc1cc2nc(C3CCC(=S=O)c4cc(C)cnc43)[nH]c2cc1OC. The normalized spacial score (nSPS) is 16.4. The van der Waals surface area contributed by atoms with E-state index >= 15 is 0 Å². The summed E-state index contributed by atoms with van der Waals surface area (Å²) in [6, 6.07) is 5.80. The Morgan fingerprint density at radius 1 is 1.19 bits per heavy atom. The fourth-order valence-electron chi connectivity index (χ4n) is 3.50. The lowest BCUT2D eigenvalue weighted by Gasteiger charge is -2.23. The predicted molar refractivity (Wildman–Crippen MR) is 102 cm³/mol. The summed E-state index contributed by atoms with van der Waals surface area (Å²) in [5.74, 6) is 2.19. The highest BCUT2D eigenvalue weighted by molar-refractivity contribution is 7.67. The quantitative estimate of drug-likeness (QED) is 0.718. The number of nitrogens with zero attached hydrogens (tertiary/aromatic N) is 2. The van der Waals surface area contributed by atoms with Gasteiger partial charge in [0.05, 0.1) is 53.0 Å². The van der Waals surface area contributed by atoms with Crippen molar-refractivity contribution < 1.29 is 13.7 Å². The van der Waals surface area contributed by atoms with E-state index < -0.39 is 0 Å². The predicted octanol–water partition coefficient (Wildman–Crippen LogP) is 2.94. The minimum absolute atomic E-state index is 0.0332. The molecule has 1 aliphatic carbocycles. The first-order chi connectivity index (χ1) is 12.6. The van der Waals surface area contributed by atoms with Crippen LogP contribution in [0.15, 0.2) is 24.4 Å². The molecule has 1 atom stereocenters. The van der Waals surface area contributed by atoms with Gasteiger partial charge in [-0.2, -0.15) is 0 Å². The first kappa shape index (κ1) is 16.8. The highest BCUT2D eigenvalue weighted by Gasteiger charge is 2.29. The molecule has 2 heterocycles. The van der Waals surface area contributed by atoms with Crippen LogP contribution in [0.4, 0.5) is 0 Å². The second kappa shape index (κ2) is 6.57. The van der Waals surface area contributed by atoms with E-state index in [4.69, 9.17) is 14.5 Å². The van der Waals surface area contributed by atoms with E-state index in [0.29, 0.717) is 22.8 Å². The summed E-state index contributed by atoms with van der Waals surface area (Å²) in [4.78, 5) is 13.6. The van der Waals surface area contributed by atoms with Crippen LogP contribution >= 0.6 is 0 Å². The zero-order chi connectivity index (χ0) is 18.3. The number of imidazole rings is 1. The molecule has 0 radical (unpaired) electrons. The van der Waals surface area contributed by atoms with Crippen LogP contribution in [-0.4, -0.2) is 38.2 Å². The molecule has 1 aliphatic rings. The molecule has 0 amide bonds. The summed E-state index contributed by atoms with van der Waals surface area (Å²) in [5.41, 5.74) is 4.63. The summed E-state index contributed by atoms with van der Waals surface area (Å²) >= 11 is 0.572. The van der Waals surface area contributed by atoms with E-state index in [-0.39, 0.29) is 5.92 Å². The third-order valence-electron chi connectivity index (χ3n) is 4.78. The molecule has 1 unspecified atom stereocenters. The molecule has 0 spiro atoms. The van der Waals surface area contributed by atoms with Gasteiger partial charge in [0, 0.05) is 23.9 Å². The maximum atomic E-state index is 11.5. The highest BCUT2D eigenvalue weighted by Crippen LogP contribution is 2.37. The number of hydrogen-bond acceptors (Lipinski definition) is 5. The van der Waals surface area contributed by atoms with Crippen molar-refractivity contribution >= 4 is 27.2 Å². The van der Waals surface area contributed by atoms with Gasteiger partial charge < -0.3 is 14.5 Å². The van der Waals surface area contributed by atoms with Crippen molar-refractivity contribution in [1.29, 1.82) is 0 Å². The number of ether oxygens (including phenoxy) is 2. The van der Waals surface area contributed by atoms with Crippen LogP contribution in [0.25, 0.3) is 11.0 Å². The Labute approximate surface area is 154 Å². The van der Waals surface area contributed by atoms with Crippen molar-refractivity contribution in [2.45, 2.75) is 25.7 Å². The number of aromatic nitrogens is 3. The van der Waals surface area contributed by atoms with Gasteiger partial charge in [0.2, 0.25) is 0 Å². The van der Waals surface area contributed by atoms with Crippen molar-refractivity contribution in [2.75, 3.05) is 14.2 Å². The third kappa shape index (κ3) is 2.68. The number of pyridine rings is 1. The lowest BCUT2D eigenvalue weighted by atomic mass is 9.85. The van der Waals surface area contributed by atoms with Crippen LogP contribution in [0.2, 0.25) is 0 Å². The zero-order valence-corrected chi connectivity index (χ0v) is 15.6. The second-order valence-electron chi connectivity index (χ2n) is 6.39. The maximum Gasteiger partial charge on any atom is 0.163 e. The molecular weight excluding hydrogens is 350 g/mol. The summed E-state index contributed by atoms with van der Waals surface area (Å²) in [7, 11) is 3.22. The number of aryl methyl sites for hydroxylation is 1. The number of nitrogens with one attached hydrogen (secondary N) is 1. The Kier molecular flexibility index (Phi) is 4.24. The first-order valence-corrected chi connectivity index (χ1v) is 9.13. The standard InChI is InChI=1S/C19H19N3O3S/c1-10-6-12-17(26-23)5-4-11(18(12)20-9-10)19-21-13-7-15(24-2)16(25-3)8-14(13)22-19/h6-9,11H,4-5H2,1-3H3,(H,21,22). The number of aromatic amines is 1. The highest BCUT2D eigenvalue weighted by atomic mass is 32.1. The van der Waals surface area contributed by atoms with Gasteiger partial charge in [-0.15, -0.1) is 0 Å². The molecule has 0 saturated heterocycles. The van der Waals surface area contributed by atoms with Crippen LogP contribution < -0.4 is 9.47 Å². The molecule has 1 N–H and O–H groups in total. The minimum Gasteiger partial charge on any atom is -0.493 e. The molecule has 134 valence electrons. The molecule has 7 heteroatoms. The average molecular weight is 369 g/mol. The van der Waals surface area contributed by atoms with E-state index in [9.17, 15) is 4.21 Å². The summed E-state index contributed by atoms with van der Waals surface area (Å²) in [6.45, 7) is 1.99. The largest absolute Gasteiger partial charge is 0.493 e. The molecule has 2 aromatic heterocycles. The number of rotatable bonds is 3. The number of H-pyrrole nitrogens is 1. The van der Waals surface area contributed by atoms with Crippen molar-refractivity contribution in [3.8, 4) is 11.5 Å². The smallest absolute Gasteiger partial charge is 0.163 e. The van der Waals surface area contributed by atoms with Gasteiger partial charge in [-0.1, -0.05) is 0 Å². The van der Waals surface area contributed by atoms with Crippen molar-refractivity contribution in [3.63, 3.8) is 0 Å². The lowest BCUT2D eigenvalue weighted by molar-refractivity contribution is 0.356. The Balaban J connectivity index is 1.84. The number of hydrogen-bond donors (Lipinski definition) is 1. The molecule has 0 bridgehead atoms. The first-order valence-electron chi connectivity index (χ1n) is 8.38. The molecular formula is C19H19N3O3S. The number of fused-ring (bicyclic) bond motifs is 2. The fourth-order valence-corrected chi connectivity index (χ4v) is 3.96. The topological polar surface area (TPSA) is 77.1 Å². The van der Waals surface area contributed by atoms with Crippen LogP contribution in [0.5, 0.6) is 11.5 Å². The molecule has 1 aromatic carbocycles. The van der Waals surface area contributed by atoms with Gasteiger partial charge in [-0.05, 0) is 31.4 Å². The number of benzene rings is 1. The van der Waals surface area contributed by atoms with Crippen LogP contribution in [0, 0.1) is 6.92 Å². The molecule has 4 rings (SSSR count). The molecule has 3 aromatic rings. The van der Waals surface area contributed by atoms with Crippen LogP contribution in [-0.2, 0) is 11.3 Å². The minimum atomic E-state index is 0.0332. The fraction of sp³-hybridized carbons (Fsp3) is 0.316. The summed E-state index contributed by atoms with van der Waals surface area (Å²) in [5, 5.41) is 0. The van der Waals surface area contributed by atoms with Crippen molar-refractivity contribution in [1.82, 2.24) is 15.0 Å². The van der Waals surface area contributed by atoms with E-state index in [2.05, 4.69) is 9.97 Å². The molecule has 0 saturated carbocycles. The van der Waals surface area contributed by atoms with Crippen LogP contribution in [0.1, 0.15) is 41.4 Å². The summed E-state index contributed by atoms with van der Waals surface area (Å²) < 4.78 is 22.2. The Morgan fingerprint density at radius 3 is 2.69 bits per heavy atom. The number of methoxy groups -OCH3 is 2. The monoisotopic (exact) mass is 369 g/mol. The van der Waals surface area contributed by atoms with Gasteiger partial charge in [-0.25, -0.2) is 9.19 Å². The van der Waals surface area contributed by atoms with Gasteiger partial charge in [-0.3, -0.25) is 4.98 Å².